The Labute approximate surface area is 152 Å². The Bertz CT molecular complexity index is 873. The average Bonchev–Trinajstić information content (AvgIpc) is 2.67. The molecule has 0 atom stereocenters. The summed E-state index contributed by atoms with van der Waals surface area (Å²) in [6, 6.07) is 8.55. The van der Waals surface area contributed by atoms with Crippen LogP contribution >= 0.6 is 0 Å². The Morgan fingerprint density at radius 2 is 1.69 bits per heavy atom. The first-order valence-corrected chi connectivity index (χ1v) is 8.17. The van der Waals surface area contributed by atoms with Crippen LogP contribution in [0.5, 0.6) is 23.0 Å². The topological polar surface area (TPSA) is 80.0 Å². The summed E-state index contributed by atoms with van der Waals surface area (Å²) < 4.78 is 21.8. The number of nitrogen functional groups attached to an aromatic ring is 1. The normalized spacial score (nSPS) is 13.3. The maximum atomic E-state index is 12.8. The van der Waals surface area contributed by atoms with Crippen LogP contribution in [0.1, 0.15) is 22.8 Å². The molecule has 0 bridgehead atoms. The van der Waals surface area contributed by atoms with Crippen molar-refractivity contribution in [2.24, 2.45) is 0 Å². The van der Waals surface area contributed by atoms with E-state index in [-0.39, 0.29) is 5.78 Å². The van der Waals surface area contributed by atoms with E-state index in [0.717, 1.165) is 5.56 Å². The second kappa shape index (κ2) is 7.39. The van der Waals surface area contributed by atoms with Crippen LogP contribution < -0.4 is 24.7 Å². The molecular formula is C20H21NO5. The molecule has 0 aromatic heterocycles. The molecular weight excluding hydrogens is 334 g/mol. The standard InChI is InChI=1S/C20H21NO5/c1-12(20(22)13-4-5-15(21)17(9-13)24-3)8-14-10-18-19(11-16(14)23-2)26-7-6-25-18/h4-5,8-11H,6-7,21H2,1-3H3/b12-8+. The summed E-state index contributed by atoms with van der Waals surface area (Å²) in [4.78, 5) is 12.8. The molecule has 6 heteroatoms. The van der Waals surface area contributed by atoms with E-state index in [1.54, 1.807) is 44.4 Å². The van der Waals surface area contributed by atoms with Crippen molar-refractivity contribution in [1.29, 1.82) is 0 Å². The van der Waals surface area contributed by atoms with Crippen molar-refractivity contribution in [3.63, 3.8) is 0 Å². The van der Waals surface area contributed by atoms with Crippen LogP contribution in [0.4, 0.5) is 5.69 Å². The van der Waals surface area contributed by atoms with E-state index in [9.17, 15) is 4.79 Å². The highest BCUT2D eigenvalue weighted by atomic mass is 16.6. The quantitative estimate of drug-likeness (QED) is 0.503. The molecule has 0 radical (unpaired) electrons. The fraction of sp³-hybridized carbons (Fsp3) is 0.250. The largest absolute Gasteiger partial charge is 0.496 e. The van der Waals surface area contributed by atoms with Crippen LogP contribution in [0.3, 0.4) is 0 Å². The van der Waals surface area contributed by atoms with Gasteiger partial charge in [-0.3, -0.25) is 4.79 Å². The van der Waals surface area contributed by atoms with Gasteiger partial charge in [0.25, 0.3) is 0 Å². The van der Waals surface area contributed by atoms with E-state index >= 15 is 0 Å². The van der Waals surface area contributed by atoms with Gasteiger partial charge in [-0.25, -0.2) is 0 Å². The predicted molar refractivity (Wildman–Crippen MR) is 99.4 cm³/mol. The number of fused-ring (bicyclic) bond motifs is 1. The van der Waals surface area contributed by atoms with Crippen molar-refractivity contribution in [3.05, 3.63) is 47.0 Å². The van der Waals surface area contributed by atoms with Crippen LogP contribution in [0, 0.1) is 0 Å². The van der Waals surface area contributed by atoms with Gasteiger partial charge in [-0.2, -0.15) is 0 Å². The van der Waals surface area contributed by atoms with Crippen LogP contribution in [-0.2, 0) is 0 Å². The van der Waals surface area contributed by atoms with Gasteiger partial charge in [0, 0.05) is 17.2 Å². The zero-order valence-corrected chi connectivity index (χ0v) is 15.0. The first-order valence-electron chi connectivity index (χ1n) is 8.17. The number of nitrogens with two attached hydrogens (primary N) is 1. The number of anilines is 1. The molecule has 0 unspecified atom stereocenters. The second-order valence-electron chi connectivity index (χ2n) is 5.85. The van der Waals surface area contributed by atoms with Crippen LogP contribution in [0.15, 0.2) is 35.9 Å². The molecule has 0 saturated carbocycles. The molecule has 2 aromatic rings. The molecule has 136 valence electrons. The number of hydrogen-bond donors (Lipinski definition) is 1. The molecule has 0 amide bonds. The number of ether oxygens (including phenoxy) is 4. The number of rotatable bonds is 5. The van der Waals surface area contributed by atoms with Gasteiger partial charge in [0.15, 0.2) is 17.3 Å². The summed E-state index contributed by atoms with van der Waals surface area (Å²) in [6.07, 6.45) is 1.77. The maximum Gasteiger partial charge on any atom is 0.188 e. The van der Waals surface area contributed by atoms with Crippen molar-refractivity contribution in [3.8, 4) is 23.0 Å². The van der Waals surface area contributed by atoms with Crippen molar-refractivity contribution >= 4 is 17.5 Å². The minimum atomic E-state index is -0.125. The van der Waals surface area contributed by atoms with Crippen molar-refractivity contribution in [2.75, 3.05) is 33.2 Å². The minimum absolute atomic E-state index is 0.125. The third-order valence-corrected chi connectivity index (χ3v) is 4.12. The fourth-order valence-electron chi connectivity index (χ4n) is 2.75. The zero-order chi connectivity index (χ0) is 18.7. The van der Waals surface area contributed by atoms with Crippen molar-refractivity contribution in [1.82, 2.24) is 0 Å². The average molecular weight is 355 g/mol. The van der Waals surface area contributed by atoms with Crippen molar-refractivity contribution in [2.45, 2.75) is 6.92 Å². The fourth-order valence-corrected chi connectivity index (χ4v) is 2.75. The summed E-state index contributed by atoms with van der Waals surface area (Å²) in [5, 5.41) is 0. The molecule has 0 spiro atoms. The summed E-state index contributed by atoms with van der Waals surface area (Å²) in [5.41, 5.74) is 8.08. The number of carbonyl (C=O) groups excluding carboxylic acids is 1. The van der Waals surface area contributed by atoms with E-state index in [1.807, 2.05) is 6.07 Å². The van der Waals surface area contributed by atoms with E-state index in [1.165, 1.54) is 7.11 Å². The van der Waals surface area contributed by atoms with Gasteiger partial charge in [-0.1, -0.05) is 0 Å². The lowest BCUT2D eigenvalue weighted by molar-refractivity contribution is 0.103. The lowest BCUT2D eigenvalue weighted by Crippen LogP contribution is -2.15. The summed E-state index contributed by atoms with van der Waals surface area (Å²) in [5.74, 6) is 2.23. The Hall–Kier alpha value is -3.15. The smallest absolute Gasteiger partial charge is 0.188 e. The summed E-state index contributed by atoms with van der Waals surface area (Å²) in [6.45, 7) is 2.74. The highest BCUT2D eigenvalue weighted by Crippen LogP contribution is 2.37. The van der Waals surface area contributed by atoms with Gasteiger partial charge in [0.2, 0.25) is 0 Å². The predicted octanol–water partition coefficient (Wildman–Crippen LogP) is 3.34. The number of allylic oxidation sites excluding steroid dienone is 1. The number of carbonyl (C=O) groups is 1. The van der Waals surface area contributed by atoms with Crippen LogP contribution in [0.2, 0.25) is 0 Å². The Kier molecular flexibility index (Phi) is 5.02. The first-order chi connectivity index (χ1) is 12.5. The number of ketones is 1. The maximum absolute atomic E-state index is 12.8. The Morgan fingerprint density at radius 3 is 2.35 bits per heavy atom. The molecule has 3 rings (SSSR count). The van der Waals surface area contributed by atoms with Crippen LogP contribution in [0.25, 0.3) is 6.08 Å². The molecule has 2 aromatic carbocycles. The molecule has 1 aliphatic heterocycles. The lowest BCUT2D eigenvalue weighted by Gasteiger charge is -2.20. The van der Waals surface area contributed by atoms with Crippen molar-refractivity contribution < 1.29 is 23.7 Å². The molecule has 0 fully saturated rings. The molecule has 2 N–H and O–H groups in total. The lowest BCUT2D eigenvalue weighted by atomic mass is 10.0. The third kappa shape index (κ3) is 3.44. The first kappa shape index (κ1) is 17.7. The highest BCUT2D eigenvalue weighted by molar-refractivity contribution is 6.11. The highest BCUT2D eigenvalue weighted by Gasteiger charge is 2.17. The molecule has 26 heavy (non-hydrogen) atoms. The number of benzene rings is 2. The SMILES string of the molecule is COc1cc(C(=O)/C(C)=C/c2cc3c(cc2OC)OCCO3)ccc1N. The summed E-state index contributed by atoms with van der Waals surface area (Å²) in [7, 11) is 3.09. The Morgan fingerprint density at radius 1 is 1.04 bits per heavy atom. The third-order valence-electron chi connectivity index (χ3n) is 4.12. The number of hydrogen-bond acceptors (Lipinski definition) is 6. The van der Waals surface area contributed by atoms with Gasteiger partial charge in [0.1, 0.15) is 24.7 Å². The van der Waals surface area contributed by atoms with Gasteiger partial charge >= 0.3 is 0 Å². The number of Topliss-reactive ketones (excluding diaryl/α,β-unsaturated/α-hetero) is 1. The monoisotopic (exact) mass is 355 g/mol. The van der Waals surface area contributed by atoms with Gasteiger partial charge in [-0.15, -0.1) is 0 Å². The molecule has 0 aliphatic carbocycles. The van der Waals surface area contributed by atoms with E-state index in [0.29, 0.717) is 53.0 Å². The molecule has 0 saturated heterocycles. The second-order valence-corrected chi connectivity index (χ2v) is 5.85. The van der Waals surface area contributed by atoms with Gasteiger partial charge < -0.3 is 24.7 Å². The zero-order valence-electron chi connectivity index (χ0n) is 15.0. The number of methoxy groups -OCH3 is 2. The van der Waals surface area contributed by atoms with Crippen LogP contribution in [-0.4, -0.2) is 33.2 Å². The van der Waals surface area contributed by atoms with Gasteiger partial charge in [-0.05, 0) is 42.8 Å². The molecule has 1 aliphatic rings. The summed E-state index contributed by atoms with van der Waals surface area (Å²) >= 11 is 0. The molecule has 1 heterocycles. The molecule has 6 nitrogen and oxygen atoms in total. The van der Waals surface area contributed by atoms with Gasteiger partial charge in [0.05, 0.1) is 19.9 Å². The Balaban J connectivity index is 1.95. The van der Waals surface area contributed by atoms with E-state index in [4.69, 9.17) is 24.7 Å². The van der Waals surface area contributed by atoms with E-state index < -0.39 is 0 Å². The van der Waals surface area contributed by atoms with E-state index in [2.05, 4.69) is 0 Å². The minimum Gasteiger partial charge on any atom is -0.496 e.